The number of nitrogens with one attached hydrogen (secondary N) is 1. The van der Waals surface area contributed by atoms with Gasteiger partial charge in [0.05, 0.1) is 24.6 Å². The molecule has 0 aliphatic carbocycles. The lowest BCUT2D eigenvalue weighted by atomic mass is 10.2. The lowest BCUT2D eigenvalue weighted by Gasteiger charge is -2.10. The Morgan fingerprint density at radius 1 is 1.22 bits per heavy atom. The number of esters is 1. The van der Waals surface area contributed by atoms with Gasteiger partial charge in [-0.3, -0.25) is 9.59 Å². The molecule has 0 radical (unpaired) electrons. The van der Waals surface area contributed by atoms with Crippen LogP contribution in [0, 0.1) is 13.8 Å². The molecule has 32 heavy (non-hydrogen) atoms. The van der Waals surface area contributed by atoms with E-state index < -0.39 is 11.2 Å². The van der Waals surface area contributed by atoms with Crippen LogP contribution in [0.2, 0.25) is 0 Å². The standard InChI is InChI=1S/C22H22N4O5S/c1-13-6-9-18(14(2)11-13)32(29)22-20-23-21(28)16-8-7-15(12-17(16)26(20)25-24-22)31-10-4-5-19(27)30-3/h6-9,11-12H,4-5,10H2,1-3H3,(H,23,28). The lowest BCUT2D eigenvalue weighted by molar-refractivity contribution is -0.140. The van der Waals surface area contributed by atoms with E-state index in [2.05, 4.69) is 20.0 Å². The van der Waals surface area contributed by atoms with Crippen LogP contribution < -0.4 is 10.3 Å². The topological polar surface area (TPSA) is 122 Å². The second-order valence-corrected chi connectivity index (χ2v) is 8.72. The summed E-state index contributed by atoms with van der Waals surface area (Å²) in [6, 6.07) is 10.6. The number of carbonyl (C=O) groups excluding carboxylic acids is 1. The van der Waals surface area contributed by atoms with Gasteiger partial charge in [0.2, 0.25) is 5.65 Å². The number of hydrogen-bond acceptors (Lipinski definition) is 7. The van der Waals surface area contributed by atoms with Crippen LogP contribution in [-0.4, -0.2) is 44.1 Å². The molecule has 9 nitrogen and oxygen atoms in total. The Hall–Kier alpha value is -3.37. The van der Waals surface area contributed by atoms with Crippen molar-refractivity contribution in [1.29, 1.82) is 0 Å². The number of ether oxygens (including phenoxy) is 2. The first kappa shape index (κ1) is 21.8. The molecule has 2 heterocycles. The number of nitrogens with zero attached hydrogens (tertiary/aromatic N) is 3. The zero-order chi connectivity index (χ0) is 22.8. The van der Waals surface area contributed by atoms with Crippen LogP contribution in [0.4, 0.5) is 0 Å². The minimum Gasteiger partial charge on any atom is -0.605 e. The number of aromatic amines is 1. The smallest absolute Gasteiger partial charge is 0.313 e. The van der Waals surface area contributed by atoms with E-state index in [-0.39, 0.29) is 28.6 Å². The van der Waals surface area contributed by atoms with Gasteiger partial charge in [0, 0.05) is 29.2 Å². The molecular formula is C22H22N4O5S. The highest BCUT2D eigenvalue weighted by atomic mass is 32.2. The largest absolute Gasteiger partial charge is 0.605 e. The zero-order valence-electron chi connectivity index (χ0n) is 17.9. The molecule has 1 N–H and O–H groups in total. The third-order valence-electron chi connectivity index (χ3n) is 5.04. The minimum atomic E-state index is -1.62. The van der Waals surface area contributed by atoms with E-state index in [1.165, 1.54) is 11.6 Å². The van der Waals surface area contributed by atoms with Crippen LogP contribution in [0.15, 0.2) is 51.1 Å². The van der Waals surface area contributed by atoms with Crippen molar-refractivity contribution < 1.29 is 18.8 Å². The van der Waals surface area contributed by atoms with Crippen molar-refractivity contribution in [2.45, 2.75) is 36.6 Å². The number of benzene rings is 2. The normalized spacial score (nSPS) is 12.2. The van der Waals surface area contributed by atoms with E-state index in [0.717, 1.165) is 11.1 Å². The summed E-state index contributed by atoms with van der Waals surface area (Å²) >= 11 is -1.62. The molecule has 10 heteroatoms. The summed E-state index contributed by atoms with van der Waals surface area (Å²) in [6.45, 7) is 4.16. The Morgan fingerprint density at radius 2 is 2.03 bits per heavy atom. The van der Waals surface area contributed by atoms with E-state index in [0.29, 0.717) is 34.6 Å². The Labute approximate surface area is 186 Å². The molecule has 1 unspecified atom stereocenters. The molecule has 0 bridgehead atoms. The first-order valence-corrected chi connectivity index (χ1v) is 11.1. The van der Waals surface area contributed by atoms with E-state index in [1.54, 1.807) is 24.3 Å². The fourth-order valence-corrected chi connectivity index (χ4v) is 4.61. The van der Waals surface area contributed by atoms with Crippen molar-refractivity contribution in [3.63, 3.8) is 0 Å². The number of methoxy groups -OCH3 is 1. The van der Waals surface area contributed by atoms with Gasteiger partial charge >= 0.3 is 11.0 Å². The molecule has 1 atom stereocenters. The number of H-pyrrole nitrogens is 1. The Kier molecular flexibility index (Phi) is 6.15. The van der Waals surface area contributed by atoms with Crippen molar-refractivity contribution in [1.82, 2.24) is 19.8 Å². The van der Waals surface area contributed by atoms with Gasteiger partial charge in [-0.2, -0.15) is 4.52 Å². The molecule has 166 valence electrons. The fraction of sp³-hybridized carbons (Fsp3) is 0.273. The number of aromatic nitrogens is 4. The van der Waals surface area contributed by atoms with Crippen molar-refractivity contribution in [2.75, 3.05) is 13.7 Å². The SMILES string of the molecule is COC(=O)CCCOc1ccc2c(=O)[nH]c3c([S+]([O-])c4ccc(C)cc4C)nnn3c2c1. The highest BCUT2D eigenvalue weighted by Gasteiger charge is 2.26. The predicted octanol–water partition coefficient (Wildman–Crippen LogP) is 2.69. The molecule has 0 amide bonds. The fourth-order valence-electron chi connectivity index (χ4n) is 3.43. The first-order valence-electron chi connectivity index (χ1n) is 9.99. The van der Waals surface area contributed by atoms with Crippen LogP contribution in [0.1, 0.15) is 24.0 Å². The summed E-state index contributed by atoms with van der Waals surface area (Å²) in [5.74, 6) is 0.217. The van der Waals surface area contributed by atoms with E-state index in [1.807, 2.05) is 26.0 Å². The van der Waals surface area contributed by atoms with Crippen molar-refractivity contribution >= 4 is 33.7 Å². The lowest BCUT2D eigenvalue weighted by Crippen LogP contribution is -2.13. The summed E-state index contributed by atoms with van der Waals surface area (Å²) in [5.41, 5.74) is 2.34. The molecule has 0 fully saturated rings. The number of hydrogen-bond donors (Lipinski definition) is 1. The molecular weight excluding hydrogens is 432 g/mol. The Balaban J connectivity index is 1.69. The van der Waals surface area contributed by atoms with E-state index in [9.17, 15) is 14.1 Å². The van der Waals surface area contributed by atoms with E-state index >= 15 is 0 Å². The summed E-state index contributed by atoms with van der Waals surface area (Å²) in [7, 11) is 1.34. The molecule has 4 aromatic rings. The third kappa shape index (κ3) is 4.19. The van der Waals surface area contributed by atoms with Gasteiger partial charge in [-0.05, 0) is 38.5 Å². The van der Waals surface area contributed by atoms with Gasteiger partial charge in [0.1, 0.15) is 5.75 Å². The first-order chi connectivity index (χ1) is 15.4. The second kappa shape index (κ2) is 9.01. The van der Waals surface area contributed by atoms with Gasteiger partial charge in [0.15, 0.2) is 4.90 Å². The van der Waals surface area contributed by atoms with Gasteiger partial charge in [-0.25, -0.2) is 0 Å². The molecule has 4 rings (SSSR count). The van der Waals surface area contributed by atoms with Gasteiger partial charge in [-0.15, -0.1) is 0 Å². The Morgan fingerprint density at radius 3 is 2.78 bits per heavy atom. The molecule has 2 aromatic carbocycles. The molecule has 2 aromatic heterocycles. The van der Waals surface area contributed by atoms with Gasteiger partial charge < -0.3 is 19.0 Å². The van der Waals surface area contributed by atoms with Crippen molar-refractivity contribution in [3.05, 3.63) is 57.9 Å². The predicted molar refractivity (Wildman–Crippen MR) is 118 cm³/mol. The number of aryl methyl sites for hydroxylation is 2. The molecule has 0 spiro atoms. The minimum absolute atomic E-state index is 0.181. The van der Waals surface area contributed by atoms with Crippen LogP contribution in [0.5, 0.6) is 5.75 Å². The van der Waals surface area contributed by atoms with Crippen LogP contribution in [-0.2, 0) is 20.7 Å². The van der Waals surface area contributed by atoms with Crippen LogP contribution in [0.25, 0.3) is 16.6 Å². The van der Waals surface area contributed by atoms with Crippen LogP contribution >= 0.6 is 0 Å². The van der Waals surface area contributed by atoms with E-state index in [4.69, 9.17) is 4.74 Å². The zero-order valence-corrected chi connectivity index (χ0v) is 18.7. The maximum absolute atomic E-state index is 13.2. The third-order valence-corrected chi connectivity index (χ3v) is 6.52. The summed E-state index contributed by atoms with van der Waals surface area (Å²) < 4.78 is 25.0. The summed E-state index contributed by atoms with van der Waals surface area (Å²) in [4.78, 5) is 27.3. The summed E-state index contributed by atoms with van der Waals surface area (Å²) in [5, 5.41) is 8.83. The number of rotatable bonds is 7. The van der Waals surface area contributed by atoms with Crippen molar-refractivity contribution in [3.8, 4) is 5.75 Å². The molecule has 0 saturated carbocycles. The van der Waals surface area contributed by atoms with Gasteiger partial charge in [-0.1, -0.05) is 28.0 Å². The quantitative estimate of drug-likeness (QED) is 0.259. The highest BCUT2D eigenvalue weighted by Crippen LogP contribution is 2.27. The molecule has 0 saturated heterocycles. The monoisotopic (exact) mass is 454 g/mol. The van der Waals surface area contributed by atoms with Crippen LogP contribution in [0.3, 0.4) is 0 Å². The highest BCUT2D eigenvalue weighted by molar-refractivity contribution is 7.91. The van der Waals surface area contributed by atoms with Crippen molar-refractivity contribution in [2.24, 2.45) is 0 Å². The average molecular weight is 455 g/mol. The maximum atomic E-state index is 13.2. The molecule has 0 aliphatic rings. The number of fused-ring (bicyclic) bond motifs is 3. The number of carbonyl (C=O) groups is 1. The van der Waals surface area contributed by atoms with Gasteiger partial charge in [0.25, 0.3) is 5.56 Å². The maximum Gasteiger partial charge on any atom is 0.313 e. The average Bonchev–Trinajstić information content (AvgIpc) is 3.20. The second-order valence-electron chi connectivity index (χ2n) is 7.35. The molecule has 0 aliphatic heterocycles. The summed E-state index contributed by atoms with van der Waals surface area (Å²) in [6.07, 6.45) is 0.753. The Bertz CT molecular complexity index is 1360.